The van der Waals surface area contributed by atoms with Crippen molar-refractivity contribution < 1.29 is 23.8 Å². The van der Waals surface area contributed by atoms with E-state index in [0.717, 1.165) is 19.4 Å². The maximum absolute atomic E-state index is 12.6. The van der Waals surface area contributed by atoms with Gasteiger partial charge in [0.15, 0.2) is 6.10 Å². The van der Waals surface area contributed by atoms with Crippen molar-refractivity contribution in [1.82, 2.24) is 5.32 Å². The standard InChI is InChI=1S/C22H26N2O5/c1-15(29-17-8-5-7-16(13-17)27-2)21(25)24-20-11-4-3-10-19(20)22(26)23-14-18-9-6-12-28-18/h3-5,7-8,10-11,13,15,18H,6,9,12,14H2,1-2H3,(H,23,26)(H,24,25)/t15-,18+/m1/s1. The van der Waals surface area contributed by atoms with Crippen LogP contribution >= 0.6 is 0 Å². The van der Waals surface area contributed by atoms with E-state index in [1.165, 1.54) is 0 Å². The highest BCUT2D eigenvalue weighted by Crippen LogP contribution is 2.21. The van der Waals surface area contributed by atoms with Crippen LogP contribution in [0.1, 0.15) is 30.1 Å². The maximum atomic E-state index is 12.6. The van der Waals surface area contributed by atoms with Gasteiger partial charge < -0.3 is 24.8 Å². The molecule has 2 N–H and O–H groups in total. The van der Waals surface area contributed by atoms with Gasteiger partial charge in [0.05, 0.1) is 24.5 Å². The Kier molecular flexibility index (Phi) is 7.08. The van der Waals surface area contributed by atoms with Crippen molar-refractivity contribution in [2.75, 3.05) is 25.6 Å². The number of ether oxygens (including phenoxy) is 3. The van der Waals surface area contributed by atoms with Crippen molar-refractivity contribution >= 4 is 17.5 Å². The van der Waals surface area contributed by atoms with Crippen molar-refractivity contribution in [3.8, 4) is 11.5 Å². The molecule has 7 nitrogen and oxygen atoms in total. The number of carbonyl (C=O) groups is 2. The molecular formula is C22H26N2O5. The smallest absolute Gasteiger partial charge is 0.265 e. The molecule has 0 aromatic heterocycles. The fourth-order valence-corrected chi connectivity index (χ4v) is 3.06. The average Bonchev–Trinajstić information content (AvgIpc) is 3.26. The Morgan fingerprint density at radius 1 is 1.17 bits per heavy atom. The molecule has 1 saturated heterocycles. The predicted octanol–water partition coefficient (Wildman–Crippen LogP) is 3.01. The average molecular weight is 398 g/mol. The molecule has 1 aliphatic rings. The van der Waals surface area contributed by atoms with Crippen LogP contribution in [-0.4, -0.2) is 44.3 Å². The van der Waals surface area contributed by atoms with Crippen LogP contribution in [0.2, 0.25) is 0 Å². The van der Waals surface area contributed by atoms with E-state index in [1.54, 1.807) is 62.6 Å². The Labute approximate surface area is 170 Å². The van der Waals surface area contributed by atoms with Crippen LogP contribution < -0.4 is 20.1 Å². The molecule has 0 aliphatic carbocycles. The molecule has 7 heteroatoms. The molecular weight excluding hydrogens is 372 g/mol. The van der Waals surface area contributed by atoms with E-state index in [2.05, 4.69) is 10.6 Å². The minimum absolute atomic E-state index is 0.0528. The lowest BCUT2D eigenvalue weighted by atomic mass is 10.1. The SMILES string of the molecule is COc1cccc(O[C@H](C)C(=O)Nc2ccccc2C(=O)NC[C@@H]2CCCO2)c1. The van der Waals surface area contributed by atoms with Crippen LogP contribution in [0.3, 0.4) is 0 Å². The number of anilines is 1. The predicted molar refractivity (Wildman–Crippen MR) is 109 cm³/mol. The summed E-state index contributed by atoms with van der Waals surface area (Å²) in [5.41, 5.74) is 0.829. The molecule has 0 saturated carbocycles. The van der Waals surface area contributed by atoms with Gasteiger partial charge in [0, 0.05) is 19.2 Å². The third kappa shape index (κ3) is 5.71. The number of carbonyl (C=O) groups excluding carboxylic acids is 2. The summed E-state index contributed by atoms with van der Waals surface area (Å²) in [5, 5.41) is 5.66. The lowest BCUT2D eigenvalue weighted by Gasteiger charge is -2.17. The summed E-state index contributed by atoms with van der Waals surface area (Å²) < 4.78 is 16.4. The van der Waals surface area contributed by atoms with E-state index in [4.69, 9.17) is 14.2 Å². The number of hydrogen-bond donors (Lipinski definition) is 2. The van der Waals surface area contributed by atoms with Gasteiger partial charge in [0.25, 0.3) is 11.8 Å². The molecule has 154 valence electrons. The van der Waals surface area contributed by atoms with Gasteiger partial charge in [-0.1, -0.05) is 18.2 Å². The Hall–Kier alpha value is -3.06. The molecule has 0 radical (unpaired) electrons. The summed E-state index contributed by atoms with van der Waals surface area (Å²) >= 11 is 0. The van der Waals surface area contributed by atoms with Crippen LogP contribution in [0.4, 0.5) is 5.69 Å². The Balaban J connectivity index is 1.61. The summed E-state index contributed by atoms with van der Waals surface area (Å²) in [6, 6.07) is 13.9. The maximum Gasteiger partial charge on any atom is 0.265 e. The van der Waals surface area contributed by atoms with E-state index in [1.807, 2.05) is 0 Å². The van der Waals surface area contributed by atoms with Gasteiger partial charge >= 0.3 is 0 Å². The molecule has 2 aromatic carbocycles. The van der Waals surface area contributed by atoms with Gasteiger partial charge in [-0.3, -0.25) is 9.59 Å². The first-order chi connectivity index (χ1) is 14.1. The summed E-state index contributed by atoms with van der Waals surface area (Å²) in [6.07, 6.45) is 1.25. The number of methoxy groups -OCH3 is 1. The van der Waals surface area contributed by atoms with E-state index in [0.29, 0.717) is 29.3 Å². The summed E-state index contributed by atoms with van der Waals surface area (Å²) in [7, 11) is 1.57. The Morgan fingerprint density at radius 3 is 2.72 bits per heavy atom. The van der Waals surface area contributed by atoms with Crippen molar-refractivity contribution in [3.05, 3.63) is 54.1 Å². The molecule has 1 fully saturated rings. The lowest BCUT2D eigenvalue weighted by molar-refractivity contribution is -0.122. The number of nitrogens with one attached hydrogen (secondary N) is 2. The highest BCUT2D eigenvalue weighted by Gasteiger charge is 2.20. The Bertz CT molecular complexity index is 849. The van der Waals surface area contributed by atoms with Crippen LogP contribution in [0.25, 0.3) is 0 Å². The van der Waals surface area contributed by atoms with Crippen LogP contribution in [0.15, 0.2) is 48.5 Å². The molecule has 3 rings (SSSR count). The molecule has 0 bridgehead atoms. The van der Waals surface area contributed by atoms with Crippen molar-refractivity contribution in [2.45, 2.75) is 32.0 Å². The van der Waals surface area contributed by atoms with E-state index in [-0.39, 0.29) is 17.9 Å². The fourth-order valence-electron chi connectivity index (χ4n) is 3.06. The second-order valence-corrected chi connectivity index (χ2v) is 6.82. The zero-order valence-electron chi connectivity index (χ0n) is 16.6. The van der Waals surface area contributed by atoms with Gasteiger partial charge in [0.1, 0.15) is 11.5 Å². The zero-order chi connectivity index (χ0) is 20.6. The van der Waals surface area contributed by atoms with Crippen molar-refractivity contribution in [3.63, 3.8) is 0 Å². The summed E-state index contributed by atoms with van der Waals surface area (Å²) in [4.78, 5) is 25.2. The van der Waals surface area contributed by atoms with E-state index >= 15 is 0 Å². The van der Waals surface area contributed by atoms with Gasteiger partial charge in [-0.15, -0.1) is 0 Å². The van der Waals surface area contributed by atoms with Gasteiger partial charge in [0.2, 0.25) is 0 Å². The number of benzene rings is 2. The minimum Gasteiger partial charge on any atom is -0.497 e. The van der Waals surface area contributed by atoms with Crippen LogP contribution in [0.5, 0.6) is 11.5 Å². The second-order valence-electron chi connectivity index (χ2n) is 6.82. The Morgan fingerprint density at radius 2 is 1.97 bits per heavy atom. The molecule has 2 aromatic rings. The number of rotatable bonds is 8. The number of amides is 2. The zero-order valence-corrected chi connectivity index (χ0v) is 16.6. The first-order valence-electron chi connectivity index (χ1n) is 9.67. The van der Waals surface area contributed by atoms with Crippen LogP contribution in [-0.2, 0) is 9.53 Å². The van der Waals surface area contributed by atoms with Crippen molar-refractivity contribution in [2.24, 2.45) is 0 Å². The molecule has 0 spiro atoms. The molecule has 0 unspecified atom stereocenters. The number of hydrogen-bond acceptors (Lipinski definition) is 5. The first-order valence-corrected chi connectivity index (χ1v) is 9.67. The molecule has 2 amide bonds. The normalized spacial score (nSPS) is 16.7. The monoisotopic (exact) mass is 398 g/mol. The highest BCUT2D eigenvalue weighted by molar-refractivity contribution is 6.04. The largest absolute Gasteiger partial charge is 0.497 e. The fraction of sp³-hybridized carbons (Fsp3) is 0.364. The second kappa shape index (κ2) is 9.93. The highest BCUT2D eigenvalue weighted by atomic mass is 16.5. The van der Waals surface area contributed by atoms with Gasteiger partial charge in [-0.25, -0.2) is 0 Å². The molecule has 1 heterocycles. The summed E-state index contributed by atoms with van der Waals surface area (Å²) in [6.45, 7) is 2.84. The quantitative estimate of drug-likeness (QED) is 0.714. The third-order valence-electron chi connectivity index (χ3n) is 4.67. The van der Waals surface area contributed by atoms with E-state index in [9.17, 15) is 9.59 Å². The minimum atomic E-state index is -0.759. The number of para-hydroxylation sites is 1. The van der Waals surface area contributed by atoms with Crippen LogP contribution in [0, 0.1) is 0 Å². The molecule has 29 heavy (non-hydrogen) atoms. The van der Waals surface area contributed by atoms with Gasteiger partial charge in [-0.2, -0.15) is 0 Å². The third-order valence-corrected chi connectivity index (χ3v) is 4.67. The molecule has 1 aliphatic heterocycles. The lowest BCUT2D eigenvalue weighted by Crippen LogP contribution is -2.34. The van der Waals surface area contributed by atoms with Gasteiger partial charge in [-0.05, 0) is 44.0 Å². The van der Waals surface area contributed by atoms with E-state index < -0.39 is 6.10 Å². The topological polar surface area (TPSA) is 85.9 Å². The van der Waals surface area contributed by atoms with Crippen molar-refractivity contribution in [1.29, 1.82) is 0 Å². The molecule has 2 atom stereocenters. The summed E-state index contributed by atoms with van der Waals surface area (Å²) in [5.74, 6) is 0.558. The first kappa shape index (κ1) is 20.7.